The van der Waals surface area contributed by atoms with E-state index in [1.807, 2.05) is 0 Å². The summed E-state index contributed by atoms with van der Waals surface area (Å²) in [5, 5.41) is 2.62. The Hall–Kier alpha value is -1.47. The van der Waals surface area contributed by atoms with Crippen molar-refractivity contribution in [1.29, 1.82) is 0 Å². The topological polar surface area (TPSA) is 84.9 Å². The summed E-state index contributed by atoms with van der Waals surface area (Å²) in [6.45, 7) is 9.15. The minimum atomic E-state index is -0.620. The van der Waals surface area contributed by atoms with Gasteiger partial charge in [-0.15, -0.1) is 0 Å². The molecule has 1 spiro atoms. The van der Waals surface area contributed by atoms with Gasteiger partial charge in [0.2, 0.25) is 5.91 Å². The number of ether oxygens (including phenoxy) is 2. The molecule has 36 heavy (non-hydrogen) atoms. The zero-order valence-corrected chi connectivity index (χ0v) is 22.5. The predicted molar refractivity (Wildman–Crippen MR) is 134 cm³/mol. The fourth-order valence-corrected chi connectivity index (χ4v) is 10.2. The van der Waals surface area contributed by atoms with Gasteiger partial charge in [0.15, 0.2) is 0 Å². The highest BCUT2D eigenvalue weighted by atomic mass is 16.6. The number of nitrogens with one attached hydrogen (secondary N) is 1. The maximum Gasteiger partial charge on any atom is 0.414 e. The lowest BCUT2D eigenvalue weighted by molar-refractivity contribution is -0.161. The van der Waals surface area contributed by atoms with Crippen LogP contribution in [-0.2, 0) is 19.1 Å². The first kappa shape index (κ1) is 24.8. The number of nitrogens with zero attached hydrogens (tertiary/aromatic N) is 1. The van der Waals surface area contributed by atoms with Crippen molar-refractivity contribution in [2.75, 3.05) is 26.7 Å². The molecule has 4 saturated carbocycles. The van der Waals surface area contributed by atoms with E-state index in [1.54, 1.807) is 7.11 Å². The van der Waals surface area contributed by atoms with Crippen molar-refractivity contribution in [2.24, 2.45) is 45.8 Å². The second-order valence-electron chi connectivity index (χ2n) is 13.5. The van der Waals surface area contributed by atoms with Gasteiger partial charge in [0.05, 0.1) is 12.0 Å². The molecule has 4 aliphatic carbocycles. The number of piperidine rings is 1. The molecule has 200 valence electrons. The minimum absolute atomic E-state index is 0.0123. The number of hydrogen-bond donors (Lipinski definition) is 1. The van der Waals surface area contributed by atoms with Gasteiger partial charge >= 0.3 is 6.09 Å². The SMILES string of the molecule is CCC[C@]1(C)C[C@@H](OC(=O)NC(=O)[C@H]2CN3CC[C@@H]2C3)[C@]23C[C@@H]2CCC2(CC[C@@H](OC)C23)[C@@H](C)C1=O. The lowest BCUT2D eigenvalue weighted by Crippen LogP contribution is -2.58. The van der Waals surface area contributed by atoms with Crippen molar-refractivity contribution < 1.29 is 23.9 Å². The third-order valence-electron chi connectivity index (χ3n) is 12.0. The molecule has 0 aromatic rings. The fourth-order valence-electron chi connectivity index (χ4n) is 10.2. The van der Waals surface area contributed by atoms with E-state index in [2.05, 4.69) is 31.0 Å². The van der Waals surface area contributed by atoms with Crippen LogP contribution in [0.25, 0.3) is 0 Å². The van der Waals surface area contributed by atoms with Crippen LogP contribution in [0.4, 0.5) is 4.79 Å². The van der Waals surface area contributed by atoms with Crippen molar-refractivity contribution in [2.45, 2.75) is 90.8 Å². The van der Waals surface area contributed by atoms with Gasteiger partial charge in [0.1, 0.15) is 11.9 Å². The van der Waals surface area contributed by atoms with Gasteiger partial charge in [-0.05, 0) is 75.2 Å². The fraction of sp³-hybridized carbons (Fsp3) is 0.897. The van der Waals surface area contributed by atoms with E-state index in [1.165, 1.54) is 0 Å². The van der Waals surface area contributed by atoms with E-state index in [-0.39, 0.29) is 46.7 Å². The van der Waals surface area contributed by atoms with E-state index < -0.39 is 11.5 Å². The van der Waals surface area contributed by atoms with Crippen molar-refractivity contribution >= 4 is 17.8 Å². The maximum absolute atomic E-state index is 14.2. The van der Waals surface area contributed by atoms with E-state index in [9.17, 15) is 14.4 Å². The molecule has 0 aromatic carbocycles. The Morgan fingerprint density at radius 3 is 2.58 bits per heavy atom. The molecular formula is C29H44N2O5. The number of fused-ring (bicyclic) bond motifs is 2. The molecule has 11 atom stereocenters. The lowest BCUT2D eigenvalue weighted by Gasteiger charge is -2.55. The summed E-state index contributed by atoms with van der Waals surface area (Å²) in [6.07, 6.45) is 7.57. The Kier molecular flexibility index (Phi) is 5.88. The number of ketones is 1. The molecule has 1 N–H and O–H groups in total. The van der Waals surface area contributed by atoms with Crippen molar-refractivity contribution in [3.63, 3.8) is 0 Å². The first-order chi connectivity index (χ1) is 17.2. The van der Waals surface area contributed by atoms with Crippen LogP contribution in [0.1, 0.15) is 78.6 Å². The average molecular weight is 501 g/mol. The molecule has 2 saturated heterocycles. The number of hydrogen-bond acceptors (Lipinski definition) is 6. The van der Waals surface area contributed by atoms with Crippen LogP contribution in [0, 0.1) is 45.8 Å². The summed E-state index contributed by atoms with van der Waals surface area (Å²) in [4.78, 5) is 42.7. The maximum atomic E-state index is 14.2. The van der Waals surface area contributed by atoms with Crippen LogP contribution in [-0.4, -0.2) is 61.6 Å². The van der Waals surface area contributed by atoms with Crippen LogP contribution in [0.15, 0.2) is 0 Å². The molecule has 2 heterocycles. The zero-order valence-electron chi connectivity index (χ0n) is 22.5. The van der Waals surface area contributed by atoms with Gasteiger partial charge < -0.3 is 14.4 Å². The van der Waals surface area contributed by atoms with Crippen LogP contribution < -0.4 is 5.32 Å². The molecule has 7 heteroatoms. The minimum Gasteiger partial charge on any atom is -0.445 e. The Labute approximate surface area is 215 Å². The predicted octanol–water partition coefficient (Wildman–Crippen LogP) is 4.19. The van der Waals surface area contributed by atoms with Crippen LogP contribution in [0.2, 0.25) is 0 Å². The third kappa shape index (κ3) is 3.40. The van der Waals surface area contributed by atoms with E-state index in [0.717, 1.165) is 71.0 Å². The van der Waals surface area contributed by atoms with Crippen LogP contribution in [0.3, 0.4) is 0 Å². The smallest absolute Gasteiger partial charge is 0.414 e. The number of imide groups is 1. The first-order valence-electron chi connectivity index (χ1n) is 14.5. The molecule has 6 fully saturated rings. The Morgan fingerprint density at radius 2 is 1.92 bits per heavy atom. The molecular weight excluding hydrogens is 456 g/mol. The van der Waals surface area contributed by atoms with Crippen molar-refractivity contribution in [1.82, 2.24) is 10.2 Å². The standard InChI is InChI=1S/C29H44N2O5/c1-5-9-27(3)14-22(36-26(34)30-25(33)20-16-31-12-8-18(20)15-31)29-13-19(29)6-10-28(17(2)24(27)32)11-7-21(35-4)23(28)29/h17-23H,5-16H2,1-4H3,(H,30,33,34)/t17-,18+,19-,20-,21+,22+,23?,27+,28?,29-/m0/s1. The molecule has 0 aromatic heterocycles. The van der Waals surface area contributed by atoms with E-state index >= 15 is 0 Å². The number of rotatable bonds is 5. The molecule has 3 unspecified atom stereocenters. The number of carbonyl (C=O) groups is 3. The zero-order chi connectivity index (χ0) is 25.5. The van der Waals surface area contributed by atoms with Gasteiger partial charge in [0.25, 0.3) is 0 Å². The first-order valence-corrected chi connectivity index (χ1v) is 14.5. The molecule has 0 radical (unpaired) electrons. The summed E-state index contributed by atoms with van der Waals surface area (Å²) in [5.41, 5.74) is -0.745. The average Bonchev–Trinajstić information content (AvgIpc) is 3.17. The van der Waals surface area contributed by atoms with Gasteiger partial charge in [-0.1, -0.05) is 27.2 Å². The number of carbonyl (C=O) groups excluding carboxylic acids is 3. The second-order valence-corrected chi connectivity index (χ2v) is 13.5. The van der Waals surface area contributed by atoms with Gasteiger partial charge in [0, 0.05) is 42.9 Å². The summed E-state index contributed by atoms with van der Waals surface area (Å²) in [6, 6.07) is 0. The largest absolute Gasteiger partial charge is 0.445 e. The molecule has 4 bridgehead atoms. The number of Topliss-reactive ketones (excluding diaryl/α,β-unsaturated/α-hetero) is 1. The van der Waals surface area contributed by atoms with Crippen molar-refractivity contribution in [3.05, 3.63) is 0 Å². The summed E-state index contributed by atoms with van der Waals surface area (Å²) < 4.78 is 12.4. The highest BCUT2D eigenvalue weighted by Crippen LogP contribution is 2.78. The highest BCUT2D eigenvalue weighted by molar-refractivity contribution is 5.94. The monoisotopic (exact) mass is 500 g/mol. The second kappa shape index (κ2) is 8.52. The van der Waals surface area contributed by atoms with Gasteiger partial charge in [-0.3, -0.25) is 14.9 Å². The summed E-state index contributed by atoms with van der Waals surface area (Å²) in [5.74, 6) is 1.08. The van der Waals surface area contributed by atoms with E-state index in [4.69, 9.17) is 9.47 Å². The number of methoxy groups -OCH3 is 1. The Balaban J connectivity index is 1.30. The van der Waals surface area contributed by atoms with Crippen molar-refractivity contribution in [3.8, 4) is 0 Å². The van der Waals surface area contributed by atoms with E-state index in [0.29, 0.717) is 24.0 Å². The van der Waals surface area contributed by atoms with Gasteiger partial charge in [-0.2, -0.15) is 0 Å². The molecule has 6 aliphatic rings. The van der Waals surface area contributed by atoms with Gasteiger partial charge in [-0.25, -0.2) is 4.79 Å². The summed E-state index contributed by atoms with van der Waals surface area (Å²) in [7, 11) is 1.80. The highest BCUT2D eigenvalue weighted by Gasteiger charge is 2.77. The molecule has 2 amide bonds. The quantitative estimate of drug-likeness (QED) is 0.609. The molecule has 6 rings (SSSR count). The molecule has 7 nitrogen and oxygen atoms in total. The van der Waals surface area contributed by atoms with Crippen LogP contribution >= 0.6 is 0 Å². The van der Waals surface area contributed by atoms with Crippen LogP contribution in [0.5, 0.6) is 0 Å². The Morgan fingerprint density at radius 1 is 1.14 bits per heavy atom. The summed E-state index contributed by atoms with van der Waals surface area (Å²) >= 11 is 0. The number of amides is 2. The number of alkyl carbamates (subject to hydrolysis) is 1. The molecule has 2 aliphatic heterocycles. The lowest BCUT2D eigenvalue weighted by atomic mass is 9.50. The third-order valence-corrected chi connectivity index (χ3v) is 12.0. The Bertz CT molecular complexity index is 954. The normalized spacial score (nSPS) is 50.6.